The number of carbonyl (C=O) groups excluding carboxylic acids is 2. The van der Waals surface area contributed by atoms with E-state index < -0.39 is 4.92 Å². The Labute approximate surface area is 203 Å². The third-order valence-electron chi connectivity index (χ3n) is 4.90. The lowest BCUT2D eigenvalue weighted by Gasteiger charge is -2.14. The van der Waals surface area contributed by atoms with Crippen LogP contribution in [-0.2, 0) is 4.79 Å². The summed E-state index contributed by atoms with van der Waals surface area (Å²) in [5.74, 6) is -0.510. The molecule has 0 aliphatic carbocycles. The molecule has 10 heteroatoms. The van der Waals surface area contributed by atoms with Crippen molar-refractivity contribution in [3.63, 3.8) is 0 Å². The molecule has 1 unspecified atom stereocenters. The highest BCUT2D eigenvalue weighted by Crippen LogP contribution is 2.30. The molecule has 1 heterocycles. The summed E-state index contributed by atoms with van der Waals surface area (Å²) in [6.45, 7) is 1.94. The van der Waals surface area contributed by atoms with Gasteiger partial charge in [0, 0.05) is 28.3 Å². The minimum absolute atomic E-state index is 0.0790. The van der Waals surface area contributed by atoms with Crippen LogP contribution in [0.5, 0.6) is 0 Å². The van der Waals surface area contributed by atoms with E-state index >= 15 is 0 Å². The number of anilines is 2. The molecule has 1 atom stereocenters. The molecule has 4 aromatic rings. The Bertz CT molecular complexity index is 1320. The Balaban J connectivity index is 1.41. The molecule has 2 amide bonds. The van der Waals surface area contributed by atoms with Crippen molar-refractivity contribution in [1.82, 2.24) is 4.98 Å². The standard InChI is InChI=1S/C24H20N4O4S2/c1-2-20(23(30)27-24-26-19-8-3-4-9-21(19)34-24)33-18-7-5-6-16(14-18)25-22(29)15-10-12-17(13-11-15)28(31)32/h3-14,20H,2H2,1H3,(H,25,29)(H,26,27,30). The predicted octanol–water partition coefficient (Wildman–Crippen LogP) is 5.97. The van der Waals surface area contributed by atoms with Gasteiger partial charge in [-0.1, -0.05) is 36.5 Å². The van der Waals surface area contributed by atoms with Crippen LogP contribution in [0, 0.1) is 10.1 Å². The maximum Gasteiger partial charge on any atom is 0.269 e. The first-order valence-electron chi connectivity index (χ1n) is 10.4. The van der Waals surface area contributed by atoms with Crippen molar-refractivity contribution in [2.75, 3.05) is 10.6 Å². The van der Waals surface area contributed by atoms with Gasteiger partial charge >= 0.3 is 0 Å². The normalized spacial score (nSPS) is 11.7. The lowest BCUT2D eigenvalue weighted by molar-refractivity contribution is -0.384. The van der Waals surface area contributed by atoms with Crippen LogP contribution in [0.15, 0.2) is 77.7 Å². The zero-order valence-electron chi connectivity index (χ0n) is 18.1. The molecule has 1 aromatic heterocycles. The number of hydrogen-bond donors (Lipinski definition) is 2. The number of carbonyl (C=O) groups is 2. The van der Waals surface area contributed by atoms with Crippen LogP contribution in [0.4, 0.5) is 16.5 Å². The summed E-state index contributed by atoms with van der Waals surface area (Å²) in [5.41, 5.74) is 1.64. The molecule has 0 aliphatic rings. The van der Waals surface area contributed by atoms with E-state index in [0.29, 0.717) is 22.8 Å². The number of nitro groups is 1. The van der Waals surface area contributed by atoms with Gasteiger partial charge in [-0.2, -0.15) is 0 Å². The smallest absolute Gasteiger partial charge is 0.269 e. The van der Waals surface area contributed by atoms with Gasteiger partial charge in [0.2, 0.25) is 5.91 Å². The Kier molecular flexibility index (Phi) is 7.19. The van der Waals surface area contributed by atoms with E-state index in [2.05, 4.69) is 15.6 Å². The molecule has 3 aromatic carbocycles. The van der Waals surface area contributed by atoms with Crippen molar-refractivity contribution in [3.8, 4) is 0 Å². The lowest BCUT2D eigenvalue weighted by atomic mass is 10.2. The number of amides is 2. The molecule has 0 aliphatic heterocycles. The molecule has 0 radical (unpaired) electrons. The average Bonchev–Trinajstić information content (AvgIpc) is 3.25. The Morgan fingerprint density at radius 1 is 1.06 bits per heavy atom. The van der Waals surface area contributed by atoms with Crippen LogP contribution in [0.25, 0.3) is 10.2 Å². The van der Waals surface area contributed by atoms with Crippen molar-refractivity contribution in [2.24, 2.45) is 0 Å². The van der Waals surface area contributed by atoms with E-state index in [1.807, 2.05) is 37.3 Å². The van der Waals surface area contributed by atoms with Crippen LogP contribution in [0.1, 0.15) is 23.7 Å². The third-order valence-corrected chi connectivity index (χ3v) is 7.21. The molecule has 0 spiro atoms. The number of fused-ring (bicyclic) bond motifs is 1. The highest BCUT2D eigenvalue weighted by Gasteiger charge is 2.20. The lowest BCUT2D eigenvalue weighted by Crippen LogP contribution is -2.24. The van der Waals surface area contributed by atoms with Crippen LogP contribution >= 0.6 is 23.1 Å². The molecule has 8 nitrogen and oxygen atoms in total. The fourth-order valence-electron chi connectivity index (χ4n) is 3.18. The quantitative estimate of drug-likeness (QED) is 0.178. The Hall–Kier alpha value is -3.76. The van der Waals surface area contributed by atoms with E-state index in [-0.39, 0.29) is 22.8 Å². The number of nitrogens with one attached hydrogen (secondary N) is 2. The van der Waals surface area contributed by atoms with E-state index in [4.69, 9.17) is 0 Å². The molecule has 4 rings (SSSR count). The van der Waals surface area contributed by atoms with Crippen molar-refractivity contribution in [2.45, 2.75) is 23.5 Å². The number of para-hydroxylation sites is 1. The van der Waals surface area contributed by atoms with Crippen molar-refractivity contribution >= 4 is 61.6 Å². The minimum atomic E-state index is -0.514. The number of aromatic nitrogens is 1. The zero-order valence-corrected chi connectivity index (χ0v) is 19.7. The minimum Gasteiger partial charge on any atom is -0.322 e. The van der Waals surface area contributed by atoms with Gasteiger partial charge < -0.3 is 10.6 Å². The van der Waals surface area contributed by atoms with E-state index in [1.54, 1.807) is 18.2 Å². The van der Waals surface area contributed by atoms with E-state index in [1.165, 1.54) is 47.4 Å². The van der Waals surface area contributed by atoms with Crippen molar-refractivity contribution in [1.29, 1.82) is 0 Å². The topological polar surface area (TPSA) is 114 Å². The molecule has 0 bridgehead atoms. The van der Waals surface area contributed by atoms with Crippen molar-refractivity contribution in [3.05, 3.63) is 88.5 Å². The summed E-state index contributed by atoms with van der Waals surface area (Å²) in [5, 5.41) is 16.7. The fourth-order valence-corrected chi connectivity index (χ4v) is 5.07. The maximum absolute atomic E-state index is 12.9. The van der Waals surface area contributed by atoms with Crippen LogP contribution in [0.2, 0.25) is 0 Å². The second kappa shape index (κ2) is 10.4. The molecular weight excluding hydrogens is 472 g/mol. The molecule has 172 valence electrons. The first kappa shape index (κ1) is 23.4. The molecule has 0 saturated carbocycles. The summed E-state index contributed by atoms with van der Waals surface area (Å²) in [7, 11) is 0. The molecule has 0 saturated heterocycles. The van der Waals surface area contributed by atoms with Gasteiger partial charge in [-0.3, -0.25) is 19.7 Å². The summed E-state index contributed by atoms with van der Waals surface area (Å²) in [6, 6.07) is 20.3. The van der Waals surface area contributed by atoms with E-state index in [0.717, 1.165) is 15.1 Å². The average molecular weight is 493 g/mol. The number of benzene rings is 3. The SMILES string of the molecule is CCC(Sc1cccc(NC(=O)c2ccc([N+](=O)[O-])cc2)c1)C(=O)Nc1nc2ccccc2s1. The zero-order chi connectivity index (χ0) is 24.1. The number of hydrogen-bond acceptors (Lipinski definition) is 7. The van der Waals surface area contributed by atoms with Gasteiger partial charge in [-0.15, -0.1) is 11.8 Å². The van der Waals surface area contributed by atoms with Crippen LogP contribution in [0.3, 0.4) is 0 Å². The molecule has 0 fully saturated rings. The Morgan fingerprint density at radius 3 is 2.53 bits per heavy atom. The second-order valence-electron chi connectivity index (χ2n) is 7.28. The molecule has 34 heavy (non-hydrogen) atoms. The number of rotatable bonds is 8. The summed E-state index contributed by atoms with van der Waals surface area (Å²) >= 11 is 2.84. The maximum atomic E-state index is 12.9. The number of thioether (sulfide) groups is 1. The van der Waals surface area contributed by atoms with Crippen LogP contribution in [-0.4, -0.2) is 27.0 Å². The second-order valence-corrected chi connectivity index (χ2v) is 9.58. The van der Waals surface area contributed by atoms with Gasteiger partial charge in [0.05, 0.1) is 20.4 Å². The van der Waals surface area contributed by atoms with E-state index in [9.17, 15) is 19.7 Å². The highest BCUT2D eigenvalue weighted by molar-refractivity contribution is 8.00. The number of nitrogens with zero attached hydrogens (tertiary/aromatic N) is 2. The first-order valence-corrected chi connectivity index (χ1v) is 12.1. The van der Waals surface area contributed by atoms with Gasteiger partial charge in [-0.25, -0.2) is 4.98 Å². The molecule has 2 N–H and O–H groups in total. The Morgan fingerprint density at radius 2 is 1.82 bits per heavy atom. The number of nitro benzene ring substituents is 1. The van der Waals surface area contributed by atoms with Gasteiger partial charge in [0.15, 0.2) is 5.13 Å². The number of thiazole rings is 1. The third kappa shape index (κ3) is 5.59. The van der Waals surface area contributed by atoms with Gasteiger partial charge in [0.1, 0.15) is 0 Å². The van der Waals surface area contributed by atoms with Crippen molar-refractivity contribution < 1.29 is 14.5 Å². The van der Waals surface area contributed by atoms with Crippen LogP contribution < -0.4 is 10.6 Å². The summed E-state index contributed by atoms with van der Waals surface area (Å²) < 4.78 is 1.01. The number of non-ortho nitro benzene ring substituents is 1. The largest absolute Gasteiger partial charge is 0.322 e. The monoisotopic (exact) mass is 492 g/mol. The fraction of sp³-hybridized carbons (Fsp3) is 0.125. The summed E-state index contributed by atoms with van der Waals surface area (Å²) in [6.07, 6.45) is 0.612. The van der Waals surface area contributed by atoms with Gasteiger partial charge in [0.25, 0.3) is 11.6 Å². The predicted molar refractivity (Wildman–Crippen MR) is 136 cm³/mol. The first-order chi connectivity index (χ1) is 16.4. The highest BCUT2D eigenvalue weighted by atomic mass is 32.2. The van der Waals surface area contributed by atoms with Gasteiger partial charge in [-0.05, 0) is 48.9 Å². The molecular formula is C24H20N4O4S2. The summed E-state index contributed by atoms with van der Waals surface area (Å²) in [4.78, 5) is 40.9.